The molecule has 15 heavy (non-hydrogen) atoms. The minimum Gasteiger partial charge on any atom is -0.384 e. The lowest BCUT2D eigenvalue weighted by molar-refractivity contribution is 0.488. The van der Waals surface area contributed by atoms with Gasteiger partial charge in [-0.2, -0.15) is 5.10 Å². The van der Waals surface area contributed by atoms with E-state index in [1.807, 2.05) is 0 Å². The zero-order valence-corrected chi connectivity index (χ0v) is 7.42. The maximum absolute atomic E-state index is 13.3. The maximum Gasteiger partial charge on any atom is 0.184 e. The van der Waals surface area contributed by atoms with E-state index in [2.05, 4.69) is 5.10 Å². The van der Waals surface area contributed by atoms with Crippen molar-refractivity contribution in [3.8, 4) is 5.69 Å². The Kier molecular flexibility index (Phi) is 2.11. The highest BCUT2D eigenvalue weighted by Gasteiger charge is 2.14. The minimum atomic E-state index is -1.28. The van der Waals surface area contributed by atoms with Crippen LogP contribution in [0.3, 0.4) is 0 Å². The standard InChI is InChI=1S/C9H6F3N3/c10-5-3-6(11)9(12)7(4-5)15-8(13)1-2-14-15/h1-4H,13H2. The van der Waals surface area contributed by atoms with Crippen LogP contribution in [-0.2, 0) is 0 Å². The molecule has 1 heterocycles. The molecular formula is C9H6F3N3. The molecular weight excluding hydrogens is 207 g/mol. The second kappa shape index (κ2) is 3.30. The lowest BCUT2D eigenvalue weighted by Crippen LogP contribution is -2.06. The molecule has 78 valence electrons. The number of nitrogens with zero attached hydrogens (tertiary/aromatic N) is 2. The number of aromatic nitrogens is 2. The van der Waals surface area contributed by atoms with E-state index in [-0.39, 0.29) is 11.5 Å². The summed E-state index contributed by atoms with van der Waals surface area (Å²) in [5, 5.41) is 3.65. The van der Waals surface area contributed by atoms with Crippen molar-refractivity contribution in [2.75, 3.05) is 5.73 Å². The Morgan fingerprint density at radius 3 is 2.53 bits per heavy atom. The molecule has 0 spiro atoms. The summed E-state index contributed by atoms with van der Waals surface area (Å²) in [6.45, 7) is 0. The number of hydrogen-bond acceptors (Lipinski definition) is 2. The average Bonchev–Trinajstić information content (AvgIpc) is 2.58. The molecule has 0 bridgehead atoms. The predicted octanol–water partition coefficient (Wildman–Crippen LogP) is 1.87. The molecule has 1 aromatic heterocycles. The highest BCUT2D eigenvalue weighted by Crippen LogP contribution is 2.19. The molecule has 0 amide bonds. The number of nitrogen functional groups attached to an aromatic ring is 1. The van der Waals surface area contributed by atoms with Crippen LogP contribution in [-0.4, -0.2) is 9.78 Å². The number of benzene rings is 1. The first-order chi connectivity index (χ1) is 7.09. The molecule has 0 saturated heterocycles. The quantitative estimate of drug-likeness (QED) is 0.735. The fraction of sp³-hybridized carbons (Fsp3) is 0. The number of anilines is 1. The molecule has 0 saturated carbocycles. The molecule has 0 aliphatic carbocycles. The number of halogens is 3. The lowest BCUT2D eigenvalue weighted by Gasteiger charge is -2.06. The number of rotatable bonds is 1. The average molecular weight is 213 g/mol. The fourth-order valence-electron chi connectivity index (χ4n) is 1.21. The summed E-state index contributed by atoms with van der Waals surface area (Å²) >= 11 is 0. The molecule has 0 atom stereocenters. The van der Waals surface area contributed by atoms with Crippen LogP contribution < -0.4 is 5.73 Å². The van der Waals surface area contributed by atoms with Crippen LogP contribution in [0.5, 0.6) is 0 Å². The molecule has 0 radical (unpaired) electrons. The number of hydrogen-bond donors (Lipinski definition) is 1. The molecule has 6 heteroatoms. The largest absolute Gasteiger partial charge is 0.384 e. The second-order valence-electron chi connectivity index (χ2n) is 2.89. The molecule has 2 rings (SSSR count). The van der Waals surface area contributed by atoms with Gasteiger partial charge in [-0.1, -0.05) is 0 Å². The van der Waals surface area contributed by atoms with E-state index in [9.17, 15) is 13.2 Å². The molecule has 0 unspecified atom stereocenters. The Bertz CT molecular complexity index is 507. The van der Waals surface area contributed by atoms with Crippen LogP contribution in [0, 0.1) is 17.5 Å². The zero-order chi connectivity index (χ0) is 11.0. The summed E-state index contributed by atoms with van der Waals surface area (Å²) in [6.07, 6.45) is 1.30. The van der Waals surface area contributed by atoms with Gasteiger partial charge in [0.05, 0.1) is 6.20 Å². The highest BCUT2D eigenvalue weighted by molar-refractivity contribution is 5.42. The Morgan fingerprint density at radius 2 is 1.93 bits per heavy atom. The van der Waals surface area contributed by atoms with Crippen molar-refractivity contribution in [2.45, 2.75) is 0 Å². The van der Waals surface area contributed by atoms with Gasteiger partial charge in [0, 0.05) is 18.2 Å². The normalized spacial score (nSPS) is 10.6. The molecule has 1 aromatic carbocycles. The van der Waals surface area contributed by atoms with Gasteiger partial charge in [0.2, 0.25) is 0 Å². The monoisotopic (exact) mass is 213 g/mol. The first-order valence-electron chi connectivity index (χ1n) is 4.04. The van der Waals surface area contributed by atoms with Crippen LogP contribution >= 0.6 is 0 Å². The Balaban J connectivity index is 2.68. The fourth-order valence-corrected chi connectivity index (χ4v) is 1.21. The van der Waals surface area contributed by atoms with Crippen molar-refractivity contribution in [3.05, 3.63) is 41.8 Å². The van der Waals surface area contributed by atoms with Gasteiger partial charge in [0.1, 0.15) is 17.3 Å². The van der Waals surface area contributed by atoms with Crippen LogP contribution in [0.4, 0.5) is 19.0 Å². The van der Waals surface area contributed by atoms with Crippen LogP contribution in [0.2, 0.25) is 0 Å². The molecule has 2 N–H and O–H groups in total. The third-order valence-electron chi connectivity index (χ3n) is 1.87. The molecule has 0 aliphatic heterocycles. The van der Waals surface area contributed by atoms with Crippen molar-refractivity contribution in [1.29, 1.82) is 0 Å². The second-order valence-corrected chi connectivity index (χ2v) is 2.89. The smallest absolute Gasteiger partial charge is 0.184 e. The van der Waals surface area contributed by atoms with Gasteiger partial charge < -0.3 is 5.73 Å². The van der Waals surface area contributed by atoms with Gasteiger partial charge in [-0.3, -0.25) is 0 Å². The summed E-state index contributed by atoms with van der Waals surface area (Å²) in [6, 6.07) is 2.67. The van der Waals surface area contributed by atoms with E-state index in [0.717, 1.165) is 10.7 Å². The highest BCUT2D eigenvalue weighted by atomic mass is 19.2. The summed E-state index contributed by atoms with van der Waals surface area (Å²) in [5.41, 5.74) is 5.08. The van der Waals surface area contributed by atoms with Gasteiger partial charge >= 0.3 is 0 Å². The third-order valence-corrected chi connectivity index (χ3v) is 1.87. The summed E-state index contributed by atoms with van der Waals surface area (Å²) in [5.74, 6) is -3.26. The topological polar surface area (TPSA) is 43.8 Å². The Hall–Kier alpha value is -1.98. The van der Waals surface area contributed by atoms with Gasteiger partial charge in [-0.15, -0.1) is 0 Å². The van der Waals surface area contributed by atoms with Crippen LogP contribution in [0.25, 0.3) is 5.69 Å². The third kappa shape index (κ3) is 1.54. The van der Waals surface area contributed by atoms with Gasteiger partial charge in [0.15, 0.2) is 11.6 Å². The molecule has 0 fully saturated rings. The lowest BCUT2D eigenvalue weighted by atomic mass is 10.3. The van der Waals surface area contributed by atoms with Crippen molar-refractivity contribution < 1.29 is 13.2 Å². The maximum atomic E-state index is 13.3. The van der Waals surface area contributed by atoms with Crippen molar-refractivity contribution in [1.82, 2.24) is 9.78 Å². The van der Waals surface area contributed by atoms with E-state index in [1.165, 1.54) is 12.3 Å². The van der Waals surface area contributed by atoms with Gasteiger partial charge in [-0.25, -0.2) is 17.9 Å². The Labute approximate surface area is 82.9 Å². The zero-order valence-electron chi connectivity index (χ0n) is 7.42. The SMILES string of the molecule is Nc1ccnn1-c1cc(F)cc(F)c1F. The van der Waals surface area contributed by atoms with E-state index >= 15 is 0 Å². The predicted molar refractivity (Wildman–Crippen MR) is 47.9 cm³/mol. The number of nitrogens with two attached hydrogens (primary N) is 1. The van der Waals surface area contributed by atoms with Gasteiger partial charge in [-0.05, 0) is 0 Å². The van der Waals surface area contributed by atoms with Crippen LogP contribution in [0.1, 0.15) is 0 Å². The summed E-state index contributed by atoms with van der Waals surface area (Å²) in [7, 11) is 0. The molecule has 2 aromatic rings. The first-order valence-corrected chi connectivity index (χ1v) is 4.04. The van der Waals surface area contributed by atoms with E-state index in [4.69, 9.17) is 5.73 Å². The Morgan fingerprint density at radius 1 is 1.20 bits per heavy atom. The first kappa shape index (κ1) is 9.57. The summed E-state index contributed by atoms with van der Waals surface area (Å²) < 4.78 is 39.9. The molecule has 0 aliphatic rings. The minimum absolute atomic E-state index is 0.0962. The van der Waals surface area contributed by atoms with E-state index < -0.39 is 17.5 Å². The van der Waals surface area contributed by atoms with Gasteiger partial charge in [0.25, 0.3) is 0 Å². The van der Waals surface area contributed by atoms with Crippen molar-refractivity contribution in [3.63, 3.8) is 0 Å². The van der Waals surface area contributed by atoms with Crippen molar-refractivity contribution >= 4 is 5.82 Å². The van der Waals surface area contributed by atoms with E-state index in [1.54, 1.807) is 0 Å². The summed E-state index contributed by atoms with van der Waals surface area (Å²) in [4.78, 5) is 0. The van der Waals surface area contributed by atoms with E-state index in [0.29, 0.717) is 6.07 Å². The molecule has 3 nitrogen and oxygen atoms in total. The van der Waals surface area contributed by atoms with Crippen LogP contribution in [0.15, 0.2) is 24.4 Å². The van der Waals surface area contributed by atoms with Crippen molar-refractivity contribution in [2.24, 2.45) is 0 Å².